The van der Waals surface area contributed by atoms with Crippen molar-refractivity contribution >= 4 is 55.1 Å². The van der Waals surface area contributed by atoms with E-state index in [2.05, 4.69) is 56.7 Å². The third-order valence-corrected chi connectivity index (χ3v) is 3.88. The number of carbonyl (C=O) groups excluding carboxylic acids is 1. The van der Waals surface area contributed by atoms with Crippen molar-refractivity contribution in [1.29, 1.82) is 0 Å². The van der Waals surface area contributed by atoms with Gasteiger partial charge in [0.05, 0.1) is 11.9 Å². The highest BCUT2D eigenvalue weighted by Crippen LogP contribution is 2.21. The average Bonchev–Trinajstić information content (AvgIpc) is 2.81. The third kappa shape index (κ3) is 3.54. The summed E-state index contributed by atoms with van der Waals surface area (Å²) in [7, 11) is 0. The molecule has 0 aromatic carbocycles. The van der Waals surface area contributed by atoms with Crippen molar-refractivity contribution in [3.63, 3.8) is 0 Å². The molecule has 0 fully saturated rings. The molecule has 9 heteroatoms. The second-order valence-corrected chi connectivity index (χ2v) is 5.90. The standard InChI is InChI=1S/C10H9Br2N5OS/c1-2-3-5-7(19-17-16-5)10(18)15-9-8(12)14-6(11)4-13-9/h4H,2-3H2,1H3,(H,13,15,18). The zero-order valence-electron chi connectivity index (χ0n) is 9.85. The highest BCUT2D eigenvalue weighted by atomic mass is 79.9. The molecule has 0 aliphatic rings. The first kappa shape index (κ1) is 14.5. The highest BCUT2D eigenvalue weighted by Gasteiger charge is 2.17. The summed E-state index contributed by atoms with van der Waals surface area (Å²) in [5.41, 5.74) is 0.714. The number of nitrogens with zero attached hydrogens (tertiary/aromatic N) is 4. The lowest BCUT2D eigenvalue weighted by Gasteiger charge is -2.05. The van der Waals surface area contributed by atoms with Gasteiger partial charge in [-0.2, -0.15) is 0 Å². The minimum Gasteiger partial charge on any atom is -0.303 e. The van der Waals surface area contributed by atoms with Gasteiger partial charge in [0.1, 0.15) is 14.1 Å². The van der Waals surface area contributed by atoms with E-state index in [9.17, 15) is 4.79 Å². The minimum absolute atomic E-state index is 0.268. The molecule has 1 amide bonds. The number of hydrogen-bond donors (Lipinski definition) is 1. The van der Waals surface area contributed by atoms with Gasteiger partial charge in [0.15, 0.2) is 5.82 Å². The first-order chi connectivity index (χ1) is 9.11. The van der Waals surface area contributed by atoms with Crippen molar-refractivity contribution in [2.24, 2.45) is 0 Å². The average molecular weight is 407 g/mol. The van der Waals surface area contributed by atoms with E-state index < -0.39 is 0 Å². The molecule has 6 nitrogen and oxygen atoms in total. The zero-order valence-corrected chi connectivity index (χ0v) is 13.8. The monoisotopic (exact) mass is 405 g/mol. The summed E-state index contributed by atoms with van der Waals surface area (Å²) in [6.45, 7) is 2.03. The van der Waals surface area contributed by atoms with Crippen LogP contribution in [0, 0.1) is 0 Å². The van der Waals surface area contributed by atoms with Gasteiger partial charge < -0.3 is 5.32 Å². The van der Waals surface area contributed by atoms with Gasteiger partial charge in [-0.05, 0) is 49.8 Å². The van der Waals surface area contributed by atoms with Crippen molar-refractivity contribution < 1.29 is 4.79 Å². The maximum absolute atomic E-state index is 12.1. The third-order valence-electron chi connectivity index (χ3n) is 2.18. The number of nitrogens with one attached hydrogen (secondary N) is 1. The van der Waals surface area contributed by atoms with Gasteiger partial charge in [0.2, 0.25) is 0 Å². The Bertz CT molecular complexity index is 603. The maximum atomic E-state index is 12.1. The lowest BCUT2D eigenvalue weighted by molar-refractivity contribution is 0.102. The molecule has 0 bridgehead atoms. The van der Waals surface area contributed by atoms with Gasteiger partial charge >= 0.3 is 0 Å². The Hall–Kier alpha value is -0.930. The van der Waals surface area contributed by atoms with Crippen LogP contribution in [0.5, 0.6) is 0 Å². The number of carbonyl (C=O) groups is 1. The van der Waals surface area contributed by atoms with E-state index in [1.807, 2.05) is 6.92 Å². The van der Waals surface area contributed by atoms with Gasteiger partial charge in [0, 0.05) is 0 Å². The number of rotatable bonds is 4. The van der Waals surface area contributed by atoms with Gasteiger partial charge in [0.25, 0.3) is 5.91 Å². The summed E-state index contributed by atoms with van der Waals surface area (Å²) in [6.07, 6.45) is 3.15. The van der Waals surface area contributed by atoms with Crippen LogP contribution in [0.3, 0.4) is 0 Å². The van der Waals surface area contributed by atoms with Gasteiger partial charge in [-0.1, -0.05) is 17.8 Å². The molecule has 0 unspecified atom stereocenters. The quantitative estimate of drug-likeness (QED) is 0.843. The summed E-state index contributed by atoms with van der Waals surface area (Å²) in [5.74, 6) is 0.0971. The topological polar surface area (TPSA) is 80.7 Å². The number of hydrogen-bond acceptors (Lipinski definition) is 6. The van der Waals surface area contributed by atoms with Gasteiger partial charge in [-0.25, -0.2) is 9.97 Å². The van der Waals surface area contributed by atoms with Crippen molar-refractivity contribution in [2.75, 3.05) is 5.32 Å². The van der Waals surface area contributed by atoms with Crippen LogP contribution in [-0.2, 0) is 6.42 Å². The van der Waals surface area contributed by atoms with Crippen LogP contribution in [-0.4, -0.2) is 25.5 Å². The predicted octanol–water partition coefficient (Wildman–Crippen LogP) is 3.06. The predicted molar refractivity (Wildman–Crippen MR) is 79.3 cm³/mol. The molecule has 2 aromatic heterocycles. The fourth-order valence-electron chi connectivity index (χ4n) is 1.38. The van der Waals surface area contributed by atoms with Crippen molar-refractivity contribution in [2.45, 2.75) is 19.8 Å². The molecule has 2 rings (SSSR count). The molecule has 0 aliphatic carbocycles. The van der Waals surface area contributed by atoms with E-state index in [4.69, 9.17) is 0 Å². The van der Waals surface area contributed by atoms with Crippen LogP contribution in [0.25, 0.3) is 0 Å². The van der Waals surface area contributed by atoms with E-state index in [0.717, 1.165) is 24.4 Å². The molecule has 19 heavy (non-hydrogen) atoms. The molecular weight excluding hydrogens is 398 g/mol. The normalized spacial score (nSPS) is 10.5. The molecular formula is C10H9Br2N5OS. The summed E-state index contributed by atoms with van der Waals surface area (Å²) in [6, 6.07) is 0. The molecule has 100 valence electrons. The van der Waals surface area contributed by atoms with Crippen LogP contribution < -0.4 is 5.32 Å². The molecule has 0 saturated carbocycles. The highest BCUT2D eigenvalue weighted by molar-refractivity contribution is 9.11. The minimum atomic E-state index is -0.268. The fraction of sp³-hybridized carbons (Fsp3) is 0.300. The first-order valence-electron chi connectivity index (χ1n) is 5.42. The molecule has 2 heterocycles. The van der Waals surface area contributed by atoms with Crippen molar-refractivity contribution in [3.05, 3.63) is 26.0 Å². The van der Waals surface area contributed by atoms with E-state index >= 15 is 0 Å². The smallest absolute Gasteiger partial charge is 0.270 e. The molecule has 0 spiro atoms. The Morgan fingerprint density at radius 1 is 1.47 bits per heavy atom. The molecule has 0 saturated heterocycles. The van der Waals surface area contributed by atoms with Gasteiger partial charge in [-0.3, -0.25) is 4.79 Å². The molecule has 0 radical (unpaired) electrons. The summed E-state index contributed by atoms with van der Waals surface area (Å²) >= 11 is 7.52. The van der Waals surface area contributed by atoms with Crippen molar-refractivity contribution in [3.8, 4) is 0 Å². The van der Waals surface area contributed by atoms with E-state index in [0.29, 0.717) is 25.6 Å². The SMILES string of the molecule is CCCc1nnsc1C(=O)Nc1ncc(Br)nc1Br. The van der Waals surface area contributed by atoms with Gasteiger partial charge in [-0.15, -0.1) is 5.10 Å². The van der Waals surface area contributed by atoms with Crippen LogP contribution in [0.2, 0.25) is 0 Å². The van der Waals surface area contributed by atoms with Crippen LogP contribution in [0.1, 0.15) is 28.7 Å². The van der Waals surface area contributed by atoms with Crippen LogP contribution >= 0.6 is 43.4 Å². The Morgan fingerprint density at radius 2 is 2.26 bits per heavy atom. The second-order valence-electron chi connectivity index (χ2n) is 3.59. The number of halogens is 2. The fourth-order valence-corrected chi connectivity index (χ4v) is 2.89. The number of aromatic nitrogens is 4. The Kier molecular flexibility index (Phi) is 4.94. The number of aryl methyl sites for hydroxylation is 1. The number of anilines is 1. The molecule has 0 atom stereocenters. The Morgan fingerprint density at radius 3 is 2.95 bits per heavy atom. The summed E-state index contributed by atoms with van der Waals surface area (Å²) in [5, 5.41) is 6.65. The van der Waals surface area contributed by atoms with Crippen LogP contribution in [0.15, 0.2) is 15.4 Å². The molecule has 0 aliphatic heterocycles. The Balaban J connectivity index is 2.18. The van der Waals surface area contributed by atoms with Crippen molar-refractivity contribution in [1.82, 2.24) is 19.6 Å². The second kappa shape index (κ2) is 6.49. The molecule has 2 aromatic rings. The Labute approximate surface area is 130 Å². The lowest BCUT2D eigenvalue weighted by Crippen LogP contribution is -2.14. The first-order valence-corrected chi connectivity index (χ1v) is 7.78. The maximum Gasteiger partial charge on any atom is 0.270 e. The molecule has 1 N–H and O–H groups in total. The van der Waals surface area contributed by atoms with E-state index in [-0.39, 0.29) is 5.91 Å². The van der Waals surface area contributed by atoms with E-state index in [1.165, 1.54) is 6.20 Å². The lowest BCUT2D eigenvalue weighted by atomic mass is 10.2. The van der Waals surface area contributed by atoms with Crippen LogP contribution in [0.4, 0.5) is 5.82 Å². The summed E-state index contributed by atoms with van der Waals surface area (Å²) in [4.78, 5) is 20.8. The summed E-state index contributed by atoms with van der Waals surface area (Å²) < 4.78 is 4.86. The largest absolute Gasteiger partial charge is 0.303 e. The zero-order chi connectivity index (χ0) is 13.8. The number of amides is 1. The van der Waals surface area contributed by atoms with E-state index in [1.54, 1.807) is 0 Å².